The Labute approximate surface area is 267 Å². The van der Waals surface area contributed by atoms with E-state index in [1.54, 1.807) is 20.0 Å². The van der Waals surface area contributed by atoms with E-state index in [1.165, 1.54) is 12.7 Å². The minimum atomic E-state index is -3.73. The Hall–Kier alpha value is -2.80. The molecule has 2 aliphatic rings. The Kier molecular flexibility index (Phi) is 12.2. The number of nitrogens with one attached hydrogen (secondary N) is 3. The maximum absolute atomic E-state index is 13.9. The Bertz CT molecular complexity index is 1320. The fourth-order valence-corrected chi connectivity index (χ4v) is 8.61. The average molecular weight is 646 g/mol. The normalized spacial score (nSPS) is 19.7. The molecule has 11 nitrogen and oxygen atoms in total. The number of hydrogen-bond donors (Lipinski definition) is 6. The number of benzene rings is 1. The molecule has 0 saturated heterocycles. The predicted molar refractivity (Wildman–Crippen MR) is 173 cm³/mol. The third-order valence-electron chi connectivity index (χ3n) is 8.85. The smallest absolute Gasteiger partial charge is 0.243 e. The second-order valence-electron chi connectivity index (χ2n) is 13.9. The number of aliphatic hydroxyl groups excluding tert-OH is 2. The predicted octanol–water partition coefficient (Wildman–Crippen LogP) is 2.04. The van der Waals surface area contributed by atoms with Crippen LogP contribution in [0.3, 0.4) is 0 Å². The highest BCUT2D eigenvalue weighted by Gasteiger charge is 2.40. The number of nitrogens with two attached hydrogens (primary N) is 1. The largest absolute Gasteiger partial charge is 0.390 e. The summed E-state index contributed by atoms with van der Waals surface area (Å²) in [4.78, 5) is 34.9. The van der Waals surface area contributed by atoms with Gasteiger partial charge in [-0.15, -0.1) is 0 Å². The van der Waals surface area contributed by atoms with Crippen LogP contribution in [0.1, 0.15) is 76.5 Å². The molecule has 5 atom stereocenters. The van der Waals surface area contributed by atoms with Crippen LogP contribution in [-0.2, 0) is 32.3 Å². The Morgan fingerprint density at radius 2 is 1.71 bits per heavy atom. The number of H-pyrrole nitrogens is 1. The molecule has 0 bridgehead atoms. The van der Waals surface area contributed by atoms with Gasteiger partial charge in [-0.05, 0) is 56.9 Å². The van der Waals surface area contributed by atoms with E-state index in [4.69, 9.17) is 5.73 Å². The molecule has 1 aromatic heterocycles. The van der Waals surface area contributed by atoms with Crippen LogP contribution >= 0.6 is 0 Å². The zero-order chi connectivity index (χ0) is 32.6. The first kappa shape index (κ1) is 35.1. The number of aliphatic hydroxyl groups is 2. The van der Waals surface area contributed by atoms with E-state index in [0.29, 0.717) is 18.0 Å². The molecule has 2 saturated carbocycles. The molecule has 0 unspecified atom stereocenters. The number of carbonyl (C=O) groups excluding carboxylic acids is 2. The SMILES string of the molecule is CC(C)(N)CS(=O)(=O)C[C@@H](Cc1ccccc1)C(=O)N[C@@H](Cc1c[nH]cn1)C(=O)N[C@@H](CC1CCCCC1)[C@@H](O)[C@@H](O)C1CC1. The second-order valence-corrected chi connectivity index (χ2v) is 16.0. The lowest BCUT2D eigenvalue weighted by Gasteiger charge is -2.33. The van der Waals surface area contributed by atoms with Crippen molar-refractivity contribution in [3.05, 3.63) is 54.1 Å². The van der Waals surface area contributed by atoms with Gasteiger partial charge in [-0.3, -0.25) is 9.59 Å². The highest BCUT2D eigenvalue weighted by Crippen LogP contribution is 2.36. The van der Waals surface area contributed by atoms with Crippen LogP contribution in [0, 0.1) is 17.8 Å². The fourth-order valence-electron chi connectivity index (χ4n) is 6.47. The Morgan fingerprint density at radius 3 is 2.31 bits per heavy atom. The molecule has 0 radical (unpaired) electrons. The van der Waals surface area contributed by atoms with Crippen molar-refractivity contribution in [3.8, 4) is 0 Å². The number of aromatic amines is 1. The van der Waals surface area contributed by atoms with Crippen LogP contribution in [0.25, 0.3) is 0 Å². The highest BCUT2D eigenvalue weighted by atomic mass is 32.2. The molecule has 2 amide bonds. The van der Waals surface area contributed by atoms with Crippen molar-refractivity contribution >= 4 is 21.7 Å². The molecular formula is C33H51N5O6S. The highest BCUT2D eigenvalue weighted by molar-refractivity contribution is 7.91. The third kappa shape index (κ3) is 11.5. The summed E-state index contributed by atoms with van der Waals surface area (Å²) in [6, 6.07) is 7.36. The van der Waals surface area contributed by atoms with Gasteiger partial charge >= 0.3 is 0 Å². The van der Waals surface area contributed by atoms with E-state index in [1.807, 2.05) is 30.3 Å². The van der Waals surface area contributed by atoms with Gasteiger partial charge in [-0.1, -0.05) is 62.4 Å². The van der Waals surface area contributed by atoms with E-state index >= 15 is 0 Å². The number of aromatic nitrogens is 2. The van der Waals surface area contributed by atoms with Gasteiger partial charge in [0.1, 0.15) is 12.1 Å². The topological polar surface area (TPSA) is 188 Å². The van der Waals surface area contributed by atoms with Crippen LogP contribution in [0.15, 0.2) is 42.9 Å². The van der Waals surface area contributed by atoms with Crippen molar-refractivity contribution in [2.75, 3.05) is 11.5 Å². The van der Waals surface area contributed by atoms with Crippen molar-refractivity contribution < 1.29 is 28.2 Å². The van der Waals surface area contributed by atoms with Gasteiger partial charge in [-0.25, -0.2) is 13.4 Å². The van der Waals surface area contributed by atoms with Gasteiger partial charge in [0.05, 0.1) is 41.6 Å². The van der Waals surface area contributed by atoms with Crippen molar-refractivity contribution in [2.45, 2.75) is 108 Å². The van der Waals surface area contributed by atoms with Crippen LogP contribution in [0.2, 0.25) is 0 Å². The standard InChI is InChI=1S/C33H51N5O6S/c1-33(2,34)20-45(43,44)19-25(15-22-9-5-3-6-10-22)31(41)38-28(17-26-18-35-21-36-26)32(42)37-27(16-23-11-7-4-8-12-23)30(40)29(39)24-13-14-24/h3,5-6,9-10,18,21,23-25,27-30,39-40H,4,7-8,11-17,19-20,34H2,1-2H3,(H,35,36)(H,37,42)(H,38,41)/t25-,27+,28+,29+,30-/m1/s1. The minimum absolute atomic E-state index is 0.0181. The summed E-state index contributed by atoms with van der Waals surface area (Å²) in [5.41, 5.74) is 6.37. The Balaban J connectivity index is 1.55. The van der Waals surface area contributed by atoms with Gasteiger partial charge in [0.2, 0.25) is 11.8 Å². The summed E-state index contributed by atoms with van der Waals surface area (Å²) in [5, 5.41) is 27.8. The molecule has 2 fully saturated rings. The van der Waals surface area contributed by atoms with Gasteiger partial charge in [0.25, 0.3) is 0 Å². The molecule has 45 heavy (non-hydrogen) atoms. The van der Waals surface area contributed by atoms with Crippen molar-refractivity contribution in [1.29, 1.82) is 0 Å². The molecule has 0 aliphatic heterocycles. The third-order valence-corrected chi connectivity index (χ3v) is 10.9. The number of rotatable bonds is 17. The lowest BCUT2D eigenvalue weighted by Crippen LogP contribution is -2.57. The monoisotopic (exact) mass is 645 g/mol. The summed E-state index contributed by atoms with van der Waals surface area (Å²) in [6.07, 6.45) is 8.82. The molecule has 1 heterocycles. The molecule has 12 heteroatoms. The first-order chi connectivity index (χ1) is 21.3. The molecular weight excluding hydrogens is 594 g/mol. The summed E-state index contributed by atoms with van der Waals surface area (Å²) < 4.78 is 26.3. The number of amides is 2. The number of nitrogens with zero attached hydrogens (tertiary/aromatic N) is 1. The number of hydrogen-bond acceptors (Lipinski definition) is 8. The maximum atomic E-state index is 13.9. The van der Waals surface area contributed by atoms with Gasteiger partial charge in [-0.2, -0.15) is 0 Å². The van der Waals surface area contributed by atoms with E-state index in [9.17, 15) is 28.2 Å². The molecule has 250 valence electrons. The first-order valence-electron chi connectivity index (χ1n) is 16.3. The first-order valence-corrected chi connectivity index (χ1v) is 18.1. The van der Waals surface area contributed by atoms with E-state index < -0.39 is 63.2 Å². The second kappa shape index (κ2) is 15.7. The zero-order valence-corrected chi connectivity index (χ0v) is 27.3. The summed E-state index contributed by atoms with van der Waals surface area (Å²) >= 11 is 0. The van der Waals surface area contributed by atoms with Gasteiger partial charge in [0, 0.05) is 18.2 Å². The maximum Gasteiger partial charge on any atom is 0.243 e. The van der Waals surface area contributed by atoms with E-state index in [-0.39, 0.29) is 24.5 Å². The van der Waals surface area contributed by atoms with E-state index in [0.717, 1.165) is 44.1 Å². The summed E-state index contributed by atoms with van der Waals surface area (Å²) in [7, 11) is -3.73. The van der Waals surface area contributed by atoms with Crippen LogP contribution in [0.4, 0.5) is 0 Å². The molecule has 0 spiro atoms. The summed E-state index contributed by atoms with van der Waals surface area (Å²) in [6.45, 7) is 3.25. The van der Waals surface area contributed by atoms with Crippen LogP contribution in [0.5, 0.6) is 0 Å². The molecule has 2 aromatic rings. The number of imidazole rings is 1. The average Bonchev–Trinajstić information content (AvgIpc) is 3.70. The number of sulfone groups is 1. The minimum Gasteiger partial charge on any atom is -0.390 e. The fraction of sp³-hybridized carbons (Fsp3) is 0.667. The van der Waals surface area contributed by atoms with Crippen molar-refractivity contribution in [3.63, 3.8) is 0 Å². The van der Waals surface area contributed by atoms with Gasteiger partial charge in [0.15, 0.2) is 9.84 Å². The van der Waals surface area contributed by atoms with Crippen molar-refractivity contribution in [2.24, 2.45) is 23.5 Å². The quantitative estimate of drug-likeness (QED) is 0.151. The van der Waals surface area contributed by atoms with Crippen LogP contribution in [-0.4, -0.2) is 81.7 Å². The molecule has 1 aromatic carbocycles. The van der Waals surface area contributed by atoms with E-state index in [2.05, 4.69) is 20.6 Å². The zero-order valence-electron chi connectivity index (χ0n) is 26.5. The lowest BCUT2D eigenvalue weighted by molar-refractivity contribution is -0.132. The lowest BCUT2D eigenvalue weighted by atomic mass is 9.82. The molecule has 2 aliphatic carbocycles. The molecule has 7 N–H and O–H groups in total. The molecule has 4 rings (SSSR count). The Morgan fingerprint density at radius 1 is 1.02 bits per heavy atom. The summed E-state index contributed by atoms with van der Waals surface area (Å²) in [5.74, 6) is -2.45. The number of carbonyl (C=O) groups is 2. The van der Waals surface area contributed by atoms with Crippen molar-refractivity contribution in [1.82, 2.24) is 20.6 Å². The van der Waals surface area contributed by atoms with Crippen LogP contribution < -0.4 is 16.4 Å². The van der Waals surface area contributed by atoms with Gasteiger partial charge < -0.3 is 31.6 Å².